The van der Waals surface area contributed by atoms with Crippen LogP contribution in [0.25, 0.3) is 0 Å². The molecule has 2 N–H and O–H groups in total. The highest BCUT2D eigenvalue weighted by Gasteiger charge is 2.04. The van der Waals surface area contributed by atoms with Crippen LogP contribution >= 0.6 is 0 Å². The summed E-state index contributed by atoms with van der Waals surface area (Å²) >= 11 is 0. The summed E-state index contributed by atoms with van der Waals surface area (Å²) in [4.78, 5) is 0. The largest absolute Gasteiger partial charge is 0.315 e. The quantitative estimate of drug-likeness (QED) is 0.730. The van der Waals surface area contributed by atoms with E-state index in [9.17, 15) is 0 Å². The number of nitrogens with zero attached hydrogens (tertiary/aromatic N) is 2. The van der Waals surface area contributed by atoms with Crippen molar-refractivity contribution in [1.82, 2.24) is 20.4 Å². The SMILES string of the molecule is CCNCC(C)NCc1cn(C)nc1C. The summed E-state index contributed by atoms with van der Waals surface area (Å²) < 4.78 is 1.86. The first-order chi connectivity index (χ1) is 7.13. The van der Waals surface area contributed by atoms with Crippen LogP contribution in [0, 0.1) is 6.92 Å². The van der Waals surface area contributed by atoms with Gasteiger partial charge >= 0.3 is 0 Å². The number of rotatable bonds is 6. The summed E-state index contributed by atoms with van der Waals surface area (Å²) in [6, 6.07) is 0.490. The molecule has 0 spiro atoms. The first-order valence-corrected chi connectivity index (χ1v) is 5.56. The predicted molar refractivity (Wildman–Crippen MR) is 62.8 cm³/mol. The van der Waals surface area contributed by atoms with Crippen LogP contribution in [0.15, 0.2) is 6.20 Å². The Morgan fingerprint density at radius 2 is 2.27 bits per heavy atom. The van der Waals surface area contributed by atoms with Gasteiger partial charge in [0.2, 0.25) is 0 Å². The molecule has 0 amide bonds. The molecule has 1 rings (SSSR count). The maximum atomic E-state index is 4.31. The monoisotopic (exact) mass is 210 g/mol. The molecular formula is C11H22N4. The van der Waals surface area contributed by atoms with Crippen LogP contribution in [-0.4, -0.2) is 28.9 Å². The van der Waals surface area contributed by atoms with Crippen molar-refractivity contribution in [2.45, 2.75) is 33.4 Å². The lowest BCUT2D eigenvalue weighted by molar-refractivity contribution is 0.508. The van der Waals surface area contributed by atoms with Gasteiger partial charge in [-0.05, 0) is 20.4 Å². The molecule has 0 aromatic carbocycles. The average Bonchev–Trinajstić information content (AvgIpc) is 2.51. The van der Waals surface area contributed by atoms with Gasteiger partial charge in [-0.15, -0.1) is 0 Å². The van der Waals surface area contributed by atoms with Crippen LogP contribution in [0.5, 0.6) is 0 Å². The van der Waals surface area contributed by atoms with Crippen LogP contribution in [0.3, 0.4) is 0 Å². The van der Waals surface area contributed by atoms with E-state index >= 15 is 0 Å². The number of likely N-dealkylation sites (N-methyl/N-ethyl adjacent to an activating group) is 1. The first kappa shape index (κ1) is 12.2. The normalized spacial score (nSPS) is 13.1. The van der Waals surface area contributed by atoms with E-state index in [1.54, 1.807) is 0 Å². The third-order valence-corrected chi connectivity index (χ3v) is 2.46. The summed E-state index contributed by atoms with van der Waals surface area (Å²) in [6.45, 7) is 9.29. The van der Waals surface area contributed by atoms with Gasteiger partial charge in [0.05, 0.1) is 5.69 Å². The number of hydrogen-bond donors (Lipinski definition) is 2. The van der Waals surface area contributed by atoms with Gasteiger partial charge in [0.15, 0.2) is 0 Å². The Morgan fingerprint density at radius 1 is 1.53 bits per heavy atom. The lowest BCUT2D eigenvalue weighted by atomic mass is 10.2. The third-order valence-electron chi connectivity index (χ3n) is 2.46. The minimum Gasteiger partial charge on any atom is -0.315 e. The van der Waals surface area contributed by atoms with E-state index in [-0.39, 0.29) is 0 Å². The molecule has 0 radical (unpaired) electrons. The summed E-state index contributed by atoms with van der Waals surface area (Å²) in [5, 5.41) is 11.1. The van der Waals surface area contributed by atoms with Crippen LogP contribution in [-0.2, 0) is 13.6 Å². The molecule has 15 heavy (non-hydrogen) atoms. The van der Waals surface area contributed by atoms with E-state index < -0.39 is 0 Å². The van der Waals surface area contributed by atoms with Crippen molar-refractivity contribution in [2.24, 2.45) is 7.05 Å². The van der Waals surface area contributed by atoms with E-state index in [0.29, 0.717) is 6.04 Å². The zero-order valence-electron chi connectivity index (χ0n) is 10.2. The van der Waals surface area contributed by atoms with Crippen LogP contribution in [0.4, 0.5) is 0 Å². The van der Waals surface area contributed by atoms with Crippen LogP contribution in [0.1, 0.15) is 25.1 Å². The second-order valence-electron chi connectivity index (χ2n) is 4.00. The molecule has 0 aliphatic rings. The highest BCUT2D eigenvalue weighted by atomic mass is 15.3. The van der Waals surface area contributed by atoms with E-state index in [2.05, 4.69) is 35.8 Å². The fourth-order valence-electron chi connectivity index (χ4n) is 1.54. The maximum Gasteiger partial charge on any atom is 0.0638 e. The van der Waals surface area contributed by atoms with E-state index in [1.165, 1.54) is 5.56 Å². The van der Waals surface area contributed by atoms with Crippen molar-refractivity contribution >= 4 is 0 Å². The third kappa shape index (κ3) is 4.01. The summed E-state index contributed by atoms with van der Waals surface area (Å²) in [7, 11) is 1.96. The molecular weight excluding hydrogens is 188 g/mol. The Morgan fingerprint density at radius 3 is 2.80 bits per heavy atom. The van der Waals surface area contributed by atoms with Gasteiger partial charge in [-0.25, -0.2) is 0 Å². The number of hydrogen-bond acceptors (Lipinski definition) is 3. The molecule has 1 unspecified atom stereocenters. The first-order valence-electron chi connectivity index (χ1n) is 5.56. The molecule has 1 aromatic rings. The highest BCUT2D eigenvalue weighted by molar-refractivity contribution is 5.14. The number of nitrogens with one attached hydrogen (secondary N) is 2. The molecule has 0 aliphatic heterocycles. The topological polar surface area (TPSA) is 41.9 Å². The van der Waals surface area contributed by atoms with Crippen molar-refractivity contribution in [3.63, 3.8) is 0 Å². The van der Waals surface area contributed by atoms with Crippen molar-refractivity contribution in [1.29, 1.82) is 0 Å². The molecule has 0 saturated heterocycles. The minimum atomic E-state index is 0.490. The lowest BCUT2D eigenvalue weighted by Crippen LogP contribution is -2.35. The molecule has 0 bridgehead atoms. The maximum absolute atomic E-state index is 4.31. The predicted octanol–water partition coefficient (Wildman–Crippen LogP) is 0.816. The number of aromatic nitrogens is 2. The Balaban J connectivity index is 2.33. The standard InChI is InChI=1S/C11H22N4/c1-5-12-6-9(2)13-7-11-8-15(4)14-10(11)3/h8-9,12-13H,5-7H2,1-4H3. The second-order valence-corrected chi connectivity index (χ2v) is 4.00. The smallest absolute Gasteiger partial charge is 0.0638 e. The lowest BCUT2D eigenvalue weighted by Gasteiger charge is -2.13. The molecule has 4 nitrogen and oxygen atoms in total. The van der Waals surface area contributed by atoms with Crippen LogP contribution < -0.4 is 10.6 Å². The van der Waals surface area contributed by atoms with Gasteiger partial charge in [0, 0.05) is 37.9 Å². The van der Waals surface area contributed by atoms with E-state index in [0.717, 1.165) is 25.3 Å². The Bertz CT molecular complexity index is 293. The molecule has 0 fully saturated rings. The van der Waals surface area contributed by atoms with Crippen LogP contribution in [0.2, 0.25) is 0 Å². The molecule has 0 saturated carbocycles. The molecule has 0 aliphatic carbocycles. The fraction of sp³-hybridized carbons (Fsp3) is 0.727. The average molecular weight is 210 g/mol. The van der Waals surface area contributed by atoms with E-state index in [1.807, 2.05) is 18.7 Å². The van der Waals surface area contributed by atoms with Crippen molar-refractivity contribution in [2.75, 3.05) is 13.1 Å². The van der Waals surface area contributed by atoms with Gasteiger partial charge in [0.25, 0.3) is 0 Å². The van der Waals surface area contributed by atoms with Gasteiger partial charge < -0.3 is 10.6 Å². The zero-order valence-corrected chi connectivity index (χ0v) is 10.2. The van der Waals surface area contributed by atoms with Crippen molar-refractivity contribution < 1.29 is 0 Å². The highest BCUT2D eigenvalue weighted by Crippen LogP contribution is 2.03. The number of aryl methyl sites for hydroxylation is 2. The van der Waals surface area contributed by atoms with Gasteiger partial charge in [0.1, 0.15) is 0 Å². The van der Waals surface area contributed by atoms with Gasteiger partial charge in [-0.2, -0.15) is 5.10 Å². The minimum absolute atomic E-state index is 0.490. The Kier molecular flexibility index (Phi) is 4.78. The zero-order chi connectivity index (χ0) is 11.3. The summed E-state index contributed by atoms with van der Waals surface area (Å²) in [5.41, 5.74) is 2.39. The fourth-order valence-corrected chi connectivity index (χ4v) is 1.54. The molecule has 1 aromatic heterocycles. The Hall–Kier alpha value is -0.870. The van der Waals surface area contributed by atoms with Crippen molar-refractivity contribution in [3.8, 4) is 0 Å². The summed E-state index contributed by atoms with van der Waals surface area (Å²) in [6.07, 6.45) is 2.07. The molecule has 86 valence electrons. The van der Waals surface area contributed by atoms with Crippen molar-refractivity contribution in [3.05, 3.63) is 17.5 Å². The summed E-state index contributed by atoms with van der Waals surface area (Å²) in [5.74, 6) is 0. The molecule has 1 heterocycles. The van der Waals surface area contributed by atoms with Gasteiger partial charge in [-0.1, -0.05) is 6.92 Å². The molecule has 1 atom stereocenters. The Labute approximate surface area is 92.1 Å². The van der Waals surface area contributed by atoms with E-state index in [4.69, 9.17) is 0 Å². The second kappa shape index (κ2) is 5.88. The molecule has 4 heteroatoms. The van der Waals surface area contributed by atoms with Gasteiger partial charge in [-0.3, -0.25) is 4.68 Å².